The number of rotatable bonds is 9. The summed E-state index contributed by atoms with van der Waals surface area (Å²) < 4.78 is 12.1. The normalized spacial score (nSPS) is 16.8. The van der Waals surface area contributed by atoms with Crippen LogP contribution in [-0.2, 0) is 11.4 Å². The van der Waals surface area contributed by atoms with Gasteiger partial charge in [0.05, 0.1) is 11.1 Å². The lowest BCUT2D eigenvalue weighted by molar-refractivity contribution is -0.201. The molecule has 0 aromatic heterocycles. The summed E-state index contributed by atoms with van der Waals surface area (Å²) in [6.07, 6.45) is 1.92. The highest BCUT2D eigenvalue weighted by Crippen LogP contribution is 2.43. The minimum atomic E-state index is -0.817. The fourth-order valence-electron chi connectivity index (χ4n) is 4.22. The number of amides is 2. The molecule has 1 fully saturated rings. The molecule has 1 aliphatic heterocycles. The summed E-state index contributed by atoms with van der Waals surface area (Å²) in [5.74, 6) is 0.712. The second kappa shape index (κ2) is 8.95. The van der Waals surface area contributed by atoms with Gasteiger partial charge in [0.25, 0.3) is 11.8 Å². The number of ether oxygens (including phenoxy) is 2. The van der Waals surface area contributed by atoms with E-state index in [2.05, 4.69) is 0 Å². The van der Waals surface area contributed by atoms with Gasteiger partial charge in [0, 0.05) is 6.07 Å². The maximum absolute atomic E-state index is 12.8. The first-order chi connectivity index (χ1) is 16.4. The molecule has 3 aromatic carbocycles. The Morgan fingerprint density at radius 3 is 2.06 bits per heavy atom. The molecular formula is C28H27NO5. The van der Waals surface area contributed by atoms with Crippen LogP contribution in [0, 0.1) is 12.8 Å². The number of benzene rings is 3. The molecule has 2 aliphatic rings. The van der Waals surface area contributed by atoms with Crippen molar-refractivity contribution in [2.75, 3.05) is 6.61 Å². The summed E-state index contributed by atoms with van der Waals surface area (Å²) in [6.45, 7) is 4.55. The van der Waals surface area contributed by atoms with Crippen LogP contribution in [0.25, 0.3) is 0 Å². The first-order valence-corrected chi connectivity index (χ1v) is 11.5. The Bertz CT molecular complexity index is 1190. The van der Waals surface area contributed by atoms with Crippen molar-refractivity contribution in [2.45, 2.75) is 38.9 Å². The molecule has 34 heavy (non-hydrogen) atoms. The minimum absolute atomic E-state index is 0.201. The van der Waals surface area contributed by atoms with Gasteiger partial charge in [-0.15, -0.1) is 5.06 Å². The Labute approximate surface area is 199 Å². The molecule has 6 nitrogen and oxygen atoms in total. The molecule has 0 spiro atoms. The lowest BCUT2D eigenvalue weighted by Gasteiger charge is -2.32. The van der Waals surface area contributed by atoms with Gasteiger partial charge in [-0.05, 0) is 68.0 Å². The zero-order chi connectivity index (χ0) is 23.7. The highest BCUT2D eigenvalue weighted by molar-refractivity contribution is 6.20. The number of carbonyl (C=O) groups excluding carboxylic acids is 2. The van der Waals surface area contributed by atoms with Crippen molar-refractivity contribution in [3.8, 4) is 11.5 Å². The van der Waals surface area contributed by atoms with Crippen LogP contribution in [0.15, 0.2) is 72.8 Å². The van der Waals surface area contributed by atoms with Crippen molar-refractivity contribution >= 4 is 11.8 Å². The predicted octanol–water partition coefficient (Wildman–Crippen LogP) is 5.35. The summed E-state index contributed by atoms with van der Waals surface area (Å²) in [5, 5.41) is 0.900. The lowest BCUT2D eigenvalue weighted by Crippen LogP contribution is -2.46. The van der Waals surface area contributed by atoms with Crippen molar-refractivity contribution in [1.82, 2.24) is 5.06 Å². The Morgan fingerprint density at radius 2 is 1.44 bits per heavy atom. The molecule has 1 atom stereocenters. The maximum atomic E-state index is 12.8. The van der Waals surface area contributed by atoms with E-state index >= 15 is 0 Å². The summed E-state index contributed by atoms with van der Waals surface area (Å²) in [4.78, 5) is 31.7. The molecule has 5 rings (SSSR count). The number of carbonyl (C=O) groups is 2. The zero-order valence-corrected chi connectivity index (χ0v) is 19.3. The monoisotopic (exact) mass is 457 g/mol. The fourth-order valence-corrected chi connectivity index (χ4v) is 4.22. The number of hydrogen-bond acceptors (Lipinski definition) is 5. The number of hydroxylamine groups is 2. The van der Waals surface area contributed by atoms with E-state index in [9.17, 15) is 9.59 Å². The van der Waals surface area contributed by atoms with Crippen molar-refractivity contribution in [2.24, 2.45) is 5.92 Å². The van der Waals surface area contributed by atoms with Crippen LogP contribution in [0.5, 0.6) is 11.5 Å². The van der Waals surface area contributed by atoms with Gasteiger partial charge in [0.2, 0.25) is 0 Å². The Morgan fingerprint density at radius 1 is 0.853 bits per heavy atom. The van der Waals surface area contributed by atoms with Gasteiger partial charge in [-0.1, -0.05) is 42.5 Å². The first kappa shape index (κ1) is 22.2. The first-order valence-electron chi connectivity index (χ1n) is 11.5. The molecule has 3 aromatic rings. The third-order valence-corrected chi connectivity index (χ3v) is 6.30. The van der Waals surface area contributed by atoms with Gasteiger partial charge in [0.15, 0.2) is 0 Å². The number of imide groups is 1. The van der Waals surface area contributed by atoms with Crippen LogP contribution >= 0.6 is 0 Å². The molecule has 0 radical (unpaired) electrons. The van der Waals surface area contributed by atoms with Crippen LogP contribution in [0.4, 0.5) is 0 Å². The fraction of sp³-hybridized carbons (Fsp3) is 0.286. The van der Waals surface area contributed by atoms with Crippen molar-refractivity contribution in [1.29, 1.82) is 0 Å². The van der Waals surface area contributed by atoms with Gasteiger partial charge in [-0.2, -0.15) is 0 Å². The standard InChI is InChI=1S/C28H27NO5/c1-19-14-22(32-17-20-8-4-3-5-9-20)16-23(15-19)33-18-28(2,21-12-13-21)34-29-26(30)24-10-6-7-11-25(24)27(29)31/h3-11,14-16,21H,12-13,17-18H2,1-2H3. The zero-order valence-electron chi connectivity index (χ0n) is 19.3. The second-order valence-electron chi connectivity index (χ2n) is 9.17. The summed E-state index contributed by atoms with van der Waals surface area (Å²) in [6, 6.07) is 22.5. The average molecular weight is 458 g/mol. The summed E-state index contributed by atoms with van der Waals surface area (Å²) >= 11 is 0. The van der Waals surface area contributed by atoms with Crippen LogP contribution < -0.4 is 9.47 Å². The van der Waals surface area contributed by atoms with Gasteiger partial charge < -0.3 is 9.47 Å². The number of aryl methyl sites for hydroxylation is 1. The smallest absolute Gasteiger partial charge is 0.285 e. The Kier molecular flexibility index (Phi) is 5.84. The quantitative estimate of drug-likeness (QED) is 0.405. The lowest BCUT2D eigenvalue weighted by atomic mass is 10.0. The predicted molar refractivity (Wildman–Crippen MR) is 127 cm³/mol. The Hall–Kier alpha value is -3.64. The molecule has 2 amide bonds. The molecule has 1 aliphatic carbocycles. The van der Waals surface area contributed by atoms with E-state index in [0.29, 0.717) is 29.2 Å². The van der Waals surface area contributed by atoms with Gasteiger partial charge in [-0.25, -0.2) is 0 Å². The van der Waals surface area contributed by atoms with Crippen LogP contribution in [-0.4, -0.2) is 29.1 Å². The van der Waals surface area contributed by atoms with Gasteiger partial charge in [-0.3, -0.25) is 14.4 Å². The van der Waals surface area contributed by atoms with Crippen molar-refractivity contribution < 1.29 is 23.9 Å². The van der Waals surface area contributed by atoms with Gasteiger partial charge in [0.1, 0.15) is 30.3 Å². The van der Waals surface area contributed by atoms with Crippen LogP contribution in [0.1, 0.15) is 51.6 Å². The van der Waals surface area contributed by atoms with E-state index in [0.717, 1.165) is 29.0 Å². The van der Waals surface area contributed by atoms with E-state index < -0.39 is 17.4 Å². The molecule has 0 N–H and O–H groups in total. The SMILES string of the molecule is Cc1cc(OCc2ccccc2)cc(OCC(C)(ON2C(=O)c3ccccc3C2=O)C2CC2)c1. The van der Waals surface area contributed by atoms with Crippen LogP contribution in [0.2, 0.25) is 0 Å². The van der Waals surface area contributed by atoms with E-state index in [-0.39, 0.29) is 12.5 Å². The number of fused-ring (bicyclic) bond motifs is 1. The number of nitrogens with zero attached hydrogens (tertiary/aromatic N) is 1. The topological polar surface area (TPSA) is 65.1 Å². The third-order valence-electron chi connectivity index (χ3n) is 6.30. The van der Waals surface area contributed by atoms with E-state index in [1.165, 1.54) is 0 Å². The van der Waals surface area contributed by atoms with Crippen molar-refractivity contribution in [3.05, 3.63) is 95.1 Å². The largest absolute Gasteiger partial charge is 0.490 e. The molecule has 0 saturated heterocycles. The van der Waals surface area contributed by atoms with Crippen molar-refractivity contribution in [3.63, 3.8) is 0 Å². The van der Waals surface area contributed by atoms with Gasteiger partial charge >= 0.3 is 0 Å². The van der Waals surface area contributed by atoms with E-state index in [1.54, 1.807) is 24.3 Å². The molecule has 0 bridgehead atoms. The van der Waals surface area contributed by atoms with Crippen LogP contribution in [0.3, 0.4) is 0 Å². The highest BCUT2D eigenvalue weighted by atomic mass is 16.7. The second-order valence-corrected chi connectivity index (χ2v) is 9.17. The Balaban J connectivity index is 1.28. The molecule has 6 heteroatoms. The van der Waals surface area contributed by atoms with E-state index in [1.807, 2.05) is 62.4 Å². The van der Waals surface area contributed by atoms with E-state index in [4.69, 9.17) is 14.3 Å². The maximum Gasteiger partial charge on any atom is 0.285 e. The highest BCUT2D eigenvalue weighted by Gasteiger charge is 2.49. The molecule has 174 valence electrons. The minimum Gasteiger partial charge on any atom is -0.490 e. The molecule has 1 heterocycles. The number of hydrogen-bond donors (Lipinski definition) is 0. The third kappa shape index (κ3) is 4.54. The molecule has 1 unspecified atom stereocenters. The molecular weight excluding hydrogens is 430 g/mol. The molecule has 1 saturated carbocycles. The average Bonchev–Trinajstić information content (AvgIpc) is 3.68. The summed E-state index contributed by atoms with van der Waals surface area (Å²) in [7, 11) is 0. The summed E-state index contributed by atoms with van der Waals surface area (Å²) in [5.41, 5.74) is 2.01.